The number of carbonyl (C=O) groups excluding carboxylic acids is 1. The summed E-state index contributed by atoms with van der Waals surface area (Å²) in [6.45, 7) is 2.82. The van der Waals surface area contributed by atoms with Gasteiger partial charge < -0.3 is 15.0 Å². The number of carbonyl (C=O) groups is 1. The van der Waals surface area contributed by atoms with E-state index in [2.05, 4.69) is 24.3 Å². The number of esters is 1. The first kappa shape index (κ1) is 12.5. The van der Waals surface area contributed by atoms with E-state index in [0.717, 1.165) is 38.9 Å². The van der Waals surface area contributed by atoms with Crippen molar-refractivity contribution in [3.05, 3.63) is 0 Å². The van der Waals surface area contributed by atoms with Gasteiger partial charge in [-0.1, -0.05) is 0 Å². The summed E-state index contributed by atoms with van der Waals surface area (Å²) in [6.07, 6.45) is 3.06. The largest absolute Gasteiger partial charge is 0.469 e. The molecule has 0 amide bonds. The van der Waals surface area contributed by atoms with Crippen LogP contribution in [0, 0.1) is 5.41 Å². The standard InChI is InChI=1S/C11H22N2O2/c1-13(2)8-4-7-12-9-11(5-6-11)10(14)15-3/h12H,4-9H2,1-3H3. The van der Waals surface area contributed by atoms with Crippen molar-refractivity contribution in [3.8, 4) is 0 Å². The Morgan fingerprint density at radius 3 is 2.60 bits per heavy atom. The lowest BCUT2D eigenvalue weighted by Gasteiger charge is -2.14. The Bertz CT molecular complexity index is 213. The van der Waals surface area contributed by atoms with Gasteiger partial charge in [-0.25, -0.2) is 0 Å². The molecule has 1 saturated carbocycles. The molecule has 1 N–H and O–H groups in total. The molecule has 88 valence electrons. The Morgan fingerprint density at radius 2 is 2.13 bits per heavy atom. The predicted molar refractivity (Wildman–Crippen MR) is 59.7 cm³/mol. The highest BCUT2D eigenvalue weighted by Gasteiger charge is 2.50. The van der Waals surface area contributed by atoms with Crippen molar-refractivity contribution in [2.75, 3.05) is 40.8 Å². The fraction of sp³-hybridized carbons (Fsp3) is 0.909. The Hall–Kier alpha value is -0.610. The molecule has 1 aliphatic rings. The summed E-state index contributed by atoms with van der Waals surface area (Å²) in [5.74, 6) is -0.0531. The zero-order chi connectivity index (χ0) is 11.3. The molecule has 0 aromatic carbocycles. The van der Waals surface area contributed by atoms with Crippen molar-refractivity contribution in [3.63, 3.8) is 0 Å². The predicted octanol–water partition coefficient (Wildman–Crippen LogP) is 0.481. The second-order valence-corrected chi connectivity index (χ2v) is 4.61. The van der Waals surface area contributed by atoms with Gasteiger partial charge in [-0.05, 0) is 46.4 Å². The van der Waals surface area contributed by atoms with Crippen LogP contribution in [-0.4, -0.2) is 51.7 Å². The van der Waals surface area contributed by atoms with E-state index in [1.165, 1.54) is 7.11 Å². The lowest BCUT2D eigenvalue weighted by molar-refractivity contribution is -0.146. The van der Waals surface area contributed by atoms with E-state index in [4.69, 9.17) is 4.74 Å². The molecule has 0 atom stereocenters. The van der Waals surface area contributed by atoms with Crippen molar-refractivity contribution in [1.82, 2.24) is 10.2 Å². The second-order valence-electron chi connectivity index (χ2n) is 4.61. The van der Waals surface area contributed by atoms with Crippen molar-refractivity contribution < 1.29 is 9.53 Å². The lowest BCUT2D eigenvalue weighted by atomic mass is 10.1. The fourth-order valence-corrected chi connectivity index (χ4v) is 1.67. The summed E-state index contributed by atoms with van der Waals surface area (Å²) < 4.78 is 4.79. The third-order valence-corrected chi connectivity index (χ3v) is 2.89. The van der Waals surface area contributed by atoms with Crippen LogP contribution in [0.2, 0.25) is 0 Å². The summed E-state index contributed by atoms with van der Waals surface area (Å²) in [7, 11) is 5.60. The molecule has 0 saturated heterocycles. The molecule has 0 bridgehead atoms. The van der Waals surface area contributed by atoms with Gasteiger partial charge in [0.05, 0.1) is 12.5 Å². The molecule has 15 heavy (non-hydrogen) atoms. The summed E-state index contributed by atoms with van der Waals surface area (Å²) in [5, 5.41) is 3.33. The summed E-state index contributed by atoms with van der Waals surface area (Å²) in [5.41, 5.74) is -0.188. The van der Waals surface area contributed by atoms with Crippen LogP contribution >= 0.6 is 0 Å². The van der Waals surface area contributed by atoms with Gasteiger partial charge in [0.2, 0.25) is 0 Å². The van der Waals surface area contributed by atoms with E-state index < -0.39 is 0 Å². The maximum Gasteiger partial charge on any atom is 0.313 e. The first-order valence-corrected chi connectivity index (χ1v) is 5.54. The molecule has 0 aromatic rings. The van der Waals surface area contributed by atoms with E-state index in [0.29, 0.717) is 0 Å². The minimum atomic E-state index is -0.188. The van der Waals surface area contributed by atoms with Crippen LogP contribution in [0.15, 0.2) is 0 Å². The number of nitrogens with one attached hydrogen (secondary N) is 1. The number of hydrogen-bond acceptors (Lipinski definition) is 4. The van der Waals surface area contributed by atoms with Crippen LogP contribution in [0.5, 0.6) is 0 Å². The first-order valence-electron chi connectivity index (χ1n) is 5.54. The monoisotopic (exact) mass is 214 g/mol. The van der Waals surface area contributed by atoms with Gasteiger partial charge in [-0.15, -0.1) is 0 Å². The number of nitrogens with zero attached hydrogens (tertiary/aromatic N) is 1. The minimum Gasteiger partial charge on any atom is -0.469 e. The molecule has 1 rings (SSSR count). The smallest absolute Gasteiger partial charge is 0.313 e. The highest BCUT2D eigenvalue weighted by molar-refractivity contribution is 5.80. The van der Waals surface area contributed by atoms with Gasteiger partial charge in [-0.3, -0.25) is 4.79 Å². The van der Waals surface area contributed by atoms with Gasteiger partial charge >= 0.3 is 5.97 Å². The third-order valence-electron chi connectivity index (χ3n) is 2.89. The van der Waals surface area contributed by atoms with Crippen molar-refractivity contribution >= 4 is 5.97 Å². The zero-order valence-corrected chi connectivity index (χ0v) is 10.0. The first-order chi connectivity index (χ1) is 7.10. The van der Waals surface area contributed by atoms with Crippen LogP contribution < -0.4 is 5.32 Å². The molecule has 0 unspecified atom stereocenters. The highest BCUT2D eigenvalue weighted by Crippen LogP contribution is 2.45. The number of hydrogen-bond donors (Lipinski definition) is 1. The molecule has 1 aliphatic carbocycles. The molecule has 4 heteroatoms. The van der Waals surface area contributed by atoms with E-state index in [9.17, 15) is 4.79 Å². The Balaban J connectivity index is 2.07. The SMILES string of the molecule is COC(=O)C1(CNCCCN(C)C)CC1. The minimum absolute atomic E-state index is 0.0531. The zero-order valence-electron chi connectivity index (χ0n) is 10.0. The molecular formula is C11H22N2O2. The third kappa shape index (κ3) is 3.80. The van der Waals surface area contributed by atoms with Crippen LogP contribution in [0.25, 0.3) is 0 Å². The summed E-state index contributed by atoms with van der Waals surface area (Å²) in [4.78, 5) is 13.6. The molecule has 0 radical (unpaired) electrons. The van der Waals surface area contributed by atoms with Gasteiger partial charge in [0.25, 0.3) is 0 Å². The second kappa shape index (κ2) is 5.47. The van der Waals surface area contributed by atoms with Crippen LogP contribution in [0.3, 0.4) is 0 Å². The molecule has 0 heterocycles. The fourth-order valence-electron chi connectivity index (χ4n) is 1.67. The van der Waals surface area contributed by atoms with E-state index in [-0.39, 0.29) is 11.4 Å². The number of ether oxygens (including phenoxy) is 1. The average molecular weight is 214 g/mol. The van der Waals surface area contributed by atoms with Gasteiger partial charge in [-0.2, -0.15) is 0 Å². The maximum absolute atomic E-state index is 11.4. The van der Waals surface area contributed by atoms with Gasteiger partial charge in [0.1, 0.15) is 0 Å². The molecular weight excluding hydrogens is 192 g/mol. The Kier molecular flexibility index (Phi) is 4.54. The Labute approximate surface area is 92.0 Å². The normalized spacial score (nSPS) is 17.9. The van der Waals surface area contributed by atoms with Crippen LogP contribution in [-0.2, 0) is 9.53 Å². The number of rotatable bonds is 7. The van der Waals surface area contributed by atoms with Crippen molar-refractivity contribution in [1.29, 1.82) is 0 Å². The van der Waals surface area contributed by atoms with E-state index in [1.807, 2.05) is 0 Å². The molecule has 0 aromatic heterocycles. The van der Waals surface area contributed by atoms with Gasteiger partial charge in [0.15, 0.2) is 0 Å². The molecule has 1 fully saturated rings. The van der Waals surface area contributed by atoms with Crippen molar-refractivity contribution in [2.24, 2.45) is 5.41 Å². The number of methoxy groups -OCH3 is 1. The molecule has 4 nitrogen and oxygen atoms in total. The average Bonchev–Trinajstić information content (AvgIpc) is 2.97. The maximum atomic E-state index is 11.4. The molecule has 0 spiro atoms. The lowest BCUT2D eigenvalue weighted by Crippen LogP contribution is -2.32. The molecule has 0 aliphatic heterocycles. The Morgan fingerprint density at radius 1 is 1.47 bits per heavy atom. The van der Waals surface area contributed by atoms with Gasteiger partial charge in [0, 0.05) is 6.54 Å². The van der Waals surface area contributed by atoms with Crippen LogP contribution in [0.1, 0.15) is 19.3 Å². The highest BCUT2D eigenvalue weighted by atomic mass is 16.5. The van der Waals surface area contributed by atoms with Crippen LogP contribution in [0.4, 0.5) is 0 Å². The van der Waals surface area contributed by atoms with Crippen molar-refractivity contribution in [2.45, 2.75) is 19.3 Å². The topological polar surface area (TPSA) is 41.6 Å². The quantitative estimate of drug-likeness (QED) is 0.494. The summed E-state index contributed by atoms with van der Waals surface area (Å²) in [6, 6.07) is 0. The van der Waals surface area contributed by atoms with E-state index >= 15 is 0 Å². The summed E-state index contributed by atoms with van der Waals surface area (Å²) >= 11 is 0. The van der Waals surface area contributed by atoms with E-state index in [1.54, 1.807) is 0 Å².